The maximum atomic E-state index is 12.2. The molecule has 0 amide bonds. The predicted octanol–water partition coefficient (Wildman–Crippen LogP) is 4.57. The number of aryl methyl sites for hydroxylation is 1. The van der Waals surface area contributed by atoms with Gasteiger partial charge in [0.1, 0.15) is 10.9 Å². The molecule has 2 rings (SSSR count). The Bertz CT molecular complexity index is 659. The zero-order valence-electron chi connectivity index (χ0n) is 11.3. The van der Waals surface area contributed by atoms with E-state index in [4.69, 9.17) is 11.6 Å². The van der Waals surface area contributed by atoms with Gasteiger partial charge in [0.2, 0.25) is 0 Å². The van der Waals surface area contributed by atoms with Crippen molar-refractivity contribution in [2.24, 2.45) is 0 Å². The summed E-state index contributed by atoms with van der Waals surface area (Å²) >= 11 is 6.03. The summed E-state index contributed by atoms with van der Waals surface area (Å²) in [4.78, 5) is 8.43. The highest BCUT2D eigenvalue weighted by Crippen LogP contribution is 2.28. The van der Waals surface area contributed by atoms with Crippen LogP contribution in [0.1, 0.15) is 18.2 Å². The first-order valence-corrected chi connectivity index (χ1v) is 6.57. The number of ether oxygens (including phenoxy) is 1. The topological polar surface area (TPSA) is 35.0 Å². The lowest BCUT2D eigenvalue weighted by Gasteiger charge is -2.11. The average molecular weight is 317 g/mol. The van der Waals surface area contributed by atoms with Crippen LogP contribution < -0.4 is 4.74 Å². The zero-order chi connectivity index (χ0) is 15.6. The van der Waals surface area contributed by atoms with E-state index in [1.54, 1.807) is 13.0 Å². The Hall–Kier alpha value is -1.82. The van der Waals surface area contributed by atoms with Crippen LogP contribution in [0.5, 0.6) is 5.75 Å². The Morgan fingerprint density at radius 2 is 1.95 bits per heavy atom. The summed E-state index contributed by atoms with van der Waals surface area (Å²) in [5.74, 6) is -0.0478. The maximum absolute atomic E-state index is 12.2. The van der Waals surface area contributed by atoms with Gasteiger partial charge >= 0.3 is 6.36 Å². The quantitative estimate of drug-likeness (QED) is 0.778. The molecule has 1 aromatic carbocycles. The summed E-state index contributed by atoms with van der Waals surface area (Å²) in [6.07, 6.45) is -4.08. The van der Waals surface area contributed by atoms with Gasteiger partial charge in [-0.1, -0.05) is 30.7 Å². The number of aromatic nitrogens is 2. The molecule has 0 fully saturated rings. The van der Waals surface area contributed by atoms with Gasteiger partial charge in [0.25, 0.3) is 0 Å². The smallest absolute Gasteiger partial charge is 0.406 e. The molecule has 0 N–H and O–H groups in total. The summed E-state index contributed by atoms with van der Waals surface area (Å²) in [7, 11) is 0. The lowest BCUT2D eigenvalue weighted by molar-refractivity contribution is -0.274. The normalized spacial score (nSPS) is 11.5. The standard InChI is InChI=1S/C14H12ClF3N2O/c1-3-11-8(2)12(15)20-13(19-11)9-5-4-6-10(7-9)21-14(16,17)18/h4-7H,3H2,1-2H3. The molecule has 0 aliphatic carbocycles. The van der Waals surface area contributed by atoms with E-state index < -0.39 is 6.36 Å². The summed E-state index contributed by atoms with van der Waals surface area (Å²) in [6, 6.07) is 5.49. The maximum Gasteiger partial charge on any atom is 0.573 e. The van der Waals surface area contributed by atoms with Crippen molar-refractivity contribution < 1.29 is 17.9 Å². The van der Waals surface area contributed by atoms with Crippen LogP contribution in [0.15, 0.2) is 24.3 Å². The first kappa shape index (κ1) is 15.6. The number of alkyl halides is 3. The minimum atomic E-state index is -4.74. The average Bonchev–Trinajstić information content (AvgIpc) is 2.40. The first-order chi connectivity index (χ1) is 9.80. The van der Waals surface area contributed by atoms with Gasteiger partial charge in [-0.25, -0.2) is 9.97 Å². The summed E-state index contributed by atoms with van der Waals surface area (Å²) in [5.41, 5.74) is 1.94. The fourth-order valence-corrected chi connectivity index (χ4v) is 2.03. The molecule has 0 aliphatic rings. The third-order valence-corrected chi connectivity index (χ3v) is 3.22. The Labute approximate surface area is 124 Å². The zero-order valence-corrected chi connectivity index (χ0v) is 12.1. The molecule has 0 unspecified atom stereocenters. The van der Waals surface area contributed by atoms with E-state index in [1.807, 2.05) is 6.92 Å². The highest BCUT2D eigenvalue weighted by molar-refractivity contribution is 6.30. The number of benzene rings is 1. The molecule has 7 heteroatoms. The van der Waals surface area contributed by atoms with Crippen molar-refractivity contribution >= 4 is 11.6 Å². The highest BCUT2D eigenvalue weighted by Gasteiger charge is 2.31. The van der Waals surface area contributed by atoms with Crippen LogP contribution in [0.2, 0.25) is 5.15 Å². The summed E-state index contributed by atoms with van der Waals surface area (Å²) in [6.45, 7) is 3.72. The molecule has 112 valence electrons. The van der Waals surface area contributed by atoms with Crippen molar-refractivity contribution in [2.75, 3.05) is 0 Å². The van der Waals surface area contributed by atoms with E-state index >= 15 is 0 Å². The van der Waals surface area contributed by atoms with E-state index in [9.17, 15) is 13.2 Å². The lowest BCUT2D eigenvalue weighted by Crippen LogP contribution is -2.17. The third-order valence-electron chi connectivity index (χ3n) is 2.85. The molecule has 1 aromatic heterocycles. The highest BCUT2D eigenvalue weighted by atomic mass is 35.5. The van der Waals surface area contributed by atoms with Gasteiger partial charge in [0, 0.05) is 16.8 Å². The van der Waals surface area contributed by atoms with Gasteiger partial charge in [-0.3, -0.25) is 0 Å². The van der Waals surface area contributed by atoms with E-state index in [-0.39, 0.29) is 11.6 Å². The van der Waals surface area contributed by atoms with Crippen LogP contribution in [0, 0.1) is 6.92 Å². The molecule has 21 heavy (non-hydrogen) atoms. The Morgan fingerprint density at radius 3 is 2.57 bits per heavy atom. The van der Waals surface area contributed by atoms with Gasteiger partial charge in [-0.05, 0) is 25.5 Å². The van der Waals surface area contributed by atoms with Crippen LogP contribution in [0.4, 0.5) is 13.2 Å². The molecule has 0 saturated heterocycles. The van der Waals surface area contributed by atoms with Crippen molar-refractivity contribution in [1.82, 2.24) is 9.97 Å². The Balaban J connectivity index is 2.43. The largest absolute Gasteiger partial charge is 0.573 e. The molecule has 0 bridgehead atoms. The minimum Gasteiger partial charge on any atom is -0.406 e. The fourth-order valence-electron chi connectivity index (χ4n) is 1.84. The van der Waals surface area contributed by atoms with E-state index in [0.717, 1.165) is 11.3 Å². The molecule has 0 saturated carbocycles. The van der Waals surface area contributed by atoms with Crippen LogP contribution in [-0.4, -0.2) is 16.3 Å². The Kier molecular flexibility index (Phi) is 4.37. The Morgan fingerprint density at radius 1 is 1.24 bits per heavy atom. The van der Waals surface area contributed by atoms with E-state index in [0.29, 0.717) is 17.1 Å². The van der Waals surface area contributed by atoms with E-state index in [2.05, 4.69) is 14.7 Å². The minimum absolute atomic E-state index is 0.273. The molecule has 0 atom stereocenters. The molecule has 3 nitrogen and oxygen atoms in total. The first-order valence-electron chi connectivity index (χ1n) is 6.19. The third kappa shape index (κ3) is 3.85. The molecular weight excluding hydrogens is 305 g/mol. The molecular formula is C14H12ClF3N2O. The van der Waals surface area contributed by atoms with Crippen LogP contribution in [-0.2, 0) is 6.42 Å². The van der Waals surface area contributed by atoms with Gasteiger partial charge in [0.15, 0.2) is 5.82 Å². The number of hydrogen-bond donors (Lipinski definition) is 0. The van der Waals surface area contributed by atoms with Gasteiger partial charge < -0.3 is 4.74 Å². The summed E-state index contributed by atoms with van der Waals surface area (Å²) in [5, 5.41) is 0.291. The van der Waals surface area contributed by atoms with E-state index in [1.165, 1.54) is 18.2 Å². The second-order valence-electron chi connectivity index (χ2n) is 4.34. The second-order valence-corrected chi connectivity index (χ2v) is 4.70. The van der Waals surface area contributed by atoms with Crippen molar-refractivity contribution in [3.8, 4) is 17.1 Å². The predicted molar refractivity (Wildman–Crippen MR) is 73.3 cm³/mol. The monoisotopic (exact) mass is 316 g/mol. The number of hydrogen-bond acceptors (Lipinski definition) is 3. The molecule has 0 aliphatic heterocycles. The van der Waals surface area contributed by atoms with Crippen molar-refractivity contribution in [2.45, 2.75) is 26.6 Å². The molecule has 0 spiro atoms. The van der Waals surface area contributed by atoms with Gasteiger partial charge in [0.05, 0.1) is 0 Å². The molecule has 0 radical (unpaired) electrons. The van der Waals surface area contributed by atoms with Crippen molar-refractivity contribution in [1.29, 1.82) is 0 Å². The van der Waals surface area contributed by atoms with Crippen LogP contribution in [0.3, 0.4) is 0 Å². The SMILES string of the molecule is CCc1nc(-c2cccc(OC(F)(F)F)c2)nc(Cl)c1C. The fraction of sp³-hybridized carbons (Fsp3) is 0.286. The molecule has 2 aromatic rings. The number of halogens is 4. The second kappa shape index (κ2) is 5.89. The lowest BCUT2D eigenvalue weighted by atomic mass is 10.1. The summed E-state index contributed by atoms with van der Waals surface area (Å²) < 4.78 is 40.6. The number of nitrogens with zero attached hydrogens (tertiary/aromatic N) is 2. The van der Waals surface area contributed by atoms with Crippen molar-refractivity contribution in [3.63, 3.8) is 0 Å². The van der Waals surface area contributed by atoms with Gasteiger partial charge in [-0.15, -0.1) is 13.2 Å². The number of rotatable bonds is 3. The van der Waals surface area contributed by atoms with Crippen LogP contribution in [0.25, 0.3) is 11.4 Å². The van der Waals surface area contributed by atoms with Crippen molar-refractivity contribution in [3.05, 3.63) is 40.7 Å². The van der Waals surface area contributed by atoms with Gasteiger partial charge in [-0.2, -0.15) is 0 Å². The molecule has 1 heterocycles. The van der Waals surface area contributed by atoms with Crippen LogP contribution >= 0.6 is 11.6 Å².